The fourth-order valence-electron chi connectivity index (χ4n) is 4.30. The lowest BCUT2D eigenvalue weighted by Crippen LogP contribution is -2.40. The highest BCUT2D eigenvalue weighted by Crippen LogP contribution is 2.33. The number of benzene rings is 2. The maximum atomic E-state index is 13.4. The van der Waals surface area contributed by atoms with Crippen LogP contribution in [0.4, 0.5) is 11.6 Å². The third kappa shape index (κ3) is 4.12. The fourth-order valence-corrected chi connectivity index (χ4v) is 5.22. The Morgan fingerprint density at radius 2 is 1.75 bits per heavy atom. The second kappa shape index (κ2) is 9.34. The summed E-state index contributed by atoms with van der Waals surface area (Å²) < 4.78 is 7.57. The van der Waals surface area contributed by atoms with Gasteiger partial charge < -0.3 is 14.5 Å². The zero-order valence-electron chi connectivity index (χ0n) is 18.2. The smallest absolute Gasteiger partial charge is 0.240 e. The van der Waals surface area contributed by atoms with E-state index < -0.39 is 0 Å². The molecule has 0 spiro atoms. The molecule has 0 unspecified atom stereocenters. The first-order chi connectivity index (χ1) is 15.7. The number of hydrogen-bond donors (Lipinski definition) is 0. The summed E-state index contributed by atoms with van der Waals surface area (Å²) in [6.45, 7) is 5.61. The Bertz CT molecular complexity index is 1080. The minimum Gasteiger partial charge on any atom is -0.378 e. The summed E-state index contributed by atoms with van der Waals surface area (Å²) in [7, 11) is 0. The van der Waals surface area contributed by atoms with E-state index >= 15 is 0 Å². The number of ether oxygens (including phenoxy) is 1. The zero-order chi connectivity index (χ0) is 21.9. The molecule has 0 saturated carbocycles. The van der Waals surface area contributed by atoms with Crippen molar-refractivity contribution in [2.24, 2.45) is 0 Å². The van der Waals surface area contributed by atoms with Gasteiger partial charge in [0, 0.05) is 25.3 Å². The van der Waals surface area contributed by atoms with Gasteiger partial charge in [-0.25, -0.2) is 0 Å². The first kappa shape index (κ1) is 21.0. The highest BCUT2D eigenvalue weighted by molar-refractivity contribution is 8.00. The van der Waals surface area contributed by atoms with Crippen LogP contribution >= 0.6 is 11.8 Å². The number of nitrogens with zero attached hydrogens (tertiary/aromatic N) is 5. The predicted molar refractivity (Wildman–Crippen MR) is 127 cm³/mol. The third-order valence-corrected chi connectivity index (χ3v) is 6.96. The number of carbonyl (C=O) groups is 1. The number of amides is 1. The number of aromatic nitrogens is 3. The van der Waals surface area contributed by atoms with Crippen molar-refractivity contribution >= 4 is 29.3 Å². The maximum absolute atomic E-state index is 13.4. The minimum atomic E-state index is -0.287. The number of carbonyl (C=O) groups excluding carboxylic acids is 1. The highest BCUT2D eigenvalue weighted by Gasteiger charge is 2.29. The molecule has 3 heterocycles. The van der Waals surface area contributed by atoms with Crippen molar-refractivity contribution in [3.63, 3.8) is 0 Å². The normalized spacial score (nSPS) is 17.2. The molecule has 1 fully saturated rings. The van der Waals surface area contributed by atoms with Crippen LogP contribution in [0.2, 0.25) is 0 Å². The van der Waals surface area contributed by atoms with Crippen molar-refractivity contribution in [1.82, 2.24) is 14.8 Å². The minimum absolute atomic E-state index is 0.109. The van der Waals surface area contributed by atoms with E-state index in [0.717, 1.165) is 55.0 Å². The number of fused-ring (bicyclic) bond motifs is 1. The van der Waals surface area contributed by atoms with E-state index in [2.05, 4.69) is 25.7 Å². The van der Waals surface area contributed by atoms with Crippen LogP contribution < -0.4 is 9.80 Å². The summed E-state index contributed by atoms with van der Waals surface area (Å²) in [5.41, 5.74) is 3.27. The number of hydrogen-bond acceptors (Lipinski definition) is 6. The molecule has 0 N–H and O–H groups in total. The Morgan fingerprint density at radius 1 is 1.00 bits per heavy atom. The number of thioether (sulfide) groups is 1. The molecule has 8 heteroatoms. The van der Waals surface area contributed by atoms with Gasteiger partial charge in [0.1, 0.15) is 0 Å². The molecule has 0 radical (unpaired) electrons. The SMILES string of the molecule is C[C@@H](Sc1nnc(N2CCOCC2)n1-c1ccccc1)C(=O)N1CCCc2ccccc21. The highest BCUT2D eigenvalue weighted by atomic mass is 32.2. The summed E-state index contributed by atoms with van der Waals surface area (Å²) in [6.07, 6.45) is 2.01. The van der Waals surface area contributed by atoms with Gasteiger partial charge in [-0.15, -0.1) is 10.2 Å². The summed E-state index contributed by atoms with van der Waals surface area (Å²) in [6, 6.07) is 18.3. The molecular formula is C24H27N5O2S. The van der Waals surface area contributed by atoms with Crippen molar-refractivity contribution in [1.29, 1.82) is 0 Å². The van der Waals surface area contributed by atoms with Crippen molar-refractivity contribution in [2.75, 3.05) is 42.6 Å². The van der Waals surface area contributed by atoms with Crippen LogP contribution in [-0.4, -0.2) is 58.8 Å². The standard InChI is InChI=1S/C24H27N5O2S/c1-18(22(30)28-13-7-9-19-8-5-6-12-21(19)28)32-24-26-25-23(27-14-16-31-17-15-27)29(24)20-10-3-2-4-11-20/h2-6,8,10-12,18H,7,9,13-17H2,1H3/t18-/m1/s1. The molecule has 1 saturated heterocycles. The molecule has 1 amide bonds. The van der Waals surface area contributed by atoms with Gasteiger partial charge in [-0.3, -0.25) is 9.36 Å². The molecule has 0 aliphatic carbocycles. The van der Waals surface area contributed by atoms with Gasteiger partial charge in [-0.2, -0.15) is 0 Å². The van der Waals surface area contributed by atoms with Crippen LogP contribution in [0, 0.1) is 0 Å². The average Bonchev–Trinajstić information content (AvgIpc) is 3.27. The van der Waals surface area contributed by atoms with Crippen molar-refractivity contribution in [2.45, 2.75) is 30.2 Å². The van der Waals surface area contributed by atoms with Crippen LogP contribution in [0.1, 0.15) is 18.9 Å². The van der Waals surface area contributed by atoms with E-state index in [9.17, 15) is 4.79 Å². The van der Waals surface area contributed by atoms with E-state index in [0.29, 0.717) is 13.2 Å². The van der Waals surface area contributed by atoms with Crippen LogP contribution in [0.25, 0.3) is 5.69 Å². The van der Waals surface area contributed by atoms with Gasteiger partial charge in [0.2, 0.25) is 11.9 Å². The van der Waals surface area contributed by atoms with Gasteiger partial charge in [-0.1, -0.05) is 48.2 Å². The molecule has 3 aromatic rings. The summed E-state index contributed by atoms with van der Waals surface area (Å²) >= 11 is 1.47. The Morgan fingerprint density at radius 3 is 2.56 bits per heavy atom. The number of rotatable bonds is 5. The molecule has 7 nitrogen and oxygen atoms in total. The molecule has 166 valence electrons. The molecule has 1 atom stereocenters. The van der Waals surface area contributed by atoms with Crippen LogP contribution in [0.15, 0.2) is 59.8 Å². The molecular weight excluding hydrogens is 422 g/mol. The molecule has 1 aromatic heterocycles. The average molecular weight is 450 g/mol. The van der Waals surface area contributed by atoms with Crippen LogP contribution in [-0.2, 0) is 16.0 Å². The molecule has 5 rings (SSSR count). The quantitative estimate of drug-likeness (QED) is 0.555. The summed E-state index contributed by atoms with van der Waals surface area (Å²) in [5.74, 6) is 0.905. The number of para-hydroxylation sites is 2. The first-order valence-corrected chi connectivity index (χ1v) is 12.0. The lowest BCUT2D eigenvalue weighted by Gasteiger charge is -2.31. The zero-order valence-corrected chi connectivity index (χ0v) is 19.0. The van der Waals surface area contributed by atoms with Crippen LogP contribution in [0.5, 0.6) is 0 Å². The molecule has 0 bridgehead atoms. The monoisotopic (exact) mass is 449 g/mol. The van der Waals surface area contributed by atoms with E-state index in [1.165, 1.54) is 17.3 Å². The first-order valence-electron chi connectivity index (χ1n) is 11.1. The van der Waals surface area contributed by atoms with Gasteiger partial charge in [0.05, 0.1) is 24.2 Å². The van der Waals surface area contributed by atoms with Gasteiger partial charge in [0.25, 0.3) is 0 Å². The summed E-state index contributed by atoms with van der Waals surface area (Å²) in [5, 5.41) is 9.46. The van der Waals surface area contributed by atoms with E-state index in [1.54, 1.807) is 0 Å². The lowest BCUT2D eigenvalue weighted by molar-refractivity contribution is -0.117. The fraction of sp³-hybridized carbons (Fsp3) is 0.375. The van der Waals surface area contributed by atoms with Gasteiger partial charge in [0.15, 0.2) is 5.16 Å². The number of aryl methyl sites for hydroxylation is 1. The molecule has 2 aliphatic heterocycles. The topological polar surface area (TPSA) is 63.5 Å². The number of morpholine rings is 1. The largest absolute Gasteiger partial charge is 0.378 e. The Balaban J connectivity index is 1.43. The third-order valence-electron chi connectivity index (χ3n) is 5.93. The molecule has 32 heavy (non-hydrogen) atoms. The lowest BCUT2D eigenvalue weighted by atomic mass is 10.0. The predicted octanol–water partition coefficient (Wildman–Crippen LogP) is 3.56. The Hall–Kier alpha value is -2.84. The van der Waals surface area contributed by atoms with Gasteiger partial charge >= 0.3 is 0 Å². The van der Waals surface area contributed by atoms with Crippen molar-refractivity contribution in [3.8, 4) is 5.69 Å². The second-order valence-electron chi connectivity index (χ2n) is 8.04. The Kier molecular flexibility index (Phi) is 6.14. The van der Waals surface area contributed by atoms with Crippen LogP contribution in [0.3, 0.4) is 0 Å². The molecule has 2 aliphatic rings. The second-order valence-corrected chi connectivity index (χ2v) is 9.34. The maximum Gasteiger partial charge on any atom is 0.240 e. The Labute approximate surface area is 192 Å². The van der Waals surface area contributed by atoms with E-state index in [4.69, 9.17) is 4.74 Å². The summed E-state index contributed by atoms with van der Waals surface area (Å²) in [4.78, 5) is 17.6. The van der Waals surface area contributed by atoms with E-state index in [-0.39, 0.29) is 11.2 Å². The van der Waals surface area contributed by atoms with Gasteiger partial charge in [-0.05, 0) is 43.5 Å². The van der Waals surface area contributed by atoms with Crippen molar-refractivity contribution < 1.29 is 9.53 Å². The number of anilines is 2. The van der Waals surface area contributed by atoms with E-state index in [1.807, 2.05) is 60.4 Å². The van der Waals surface area contributed by atoms with Crippen molar-refractivity contribution in [3.05, 3.63) is 60.2 Å². The molecule has 2 aromatic carbocycles.